The zero-order chi connectivity index (χ0) is 19.8. The van der Waals surface area contributed by atoms with E-state index in [0.29, 0.717) is 61.7 Å². The number of rotatable bonds is 2. The van der Waals surface area contributed by atoms with E-state index in [-0.39, 0.29) is 23.3 Å². The van der Waals surface area contributed by atoms with Crippen molar-refractivity contribution in [3.05, 3.63) is 63.1 Å². The van der Waals surface area contributed by atoms with E-state index in [1.807, 2.05) is 0 Å². The monoisotopic (exact) mass is 384 g/mol. The number of fused-ring (bicyclic) bond motifs is 1. The van der Waals surface area contributed by atoms with Crippen LogP contribution in [0.25, 0.3) is 0 Å². The molecule has 0 spiro atoms. The van der Waals surface area contributed by atoms with Gasteiger partial charge in [0.2, 0.25) is 5.91 Å². The fourth-order valence-corrected chi connectivity index (χ4v) is 3.89. The minimum absolute atomic E-state index is 0.0398. The second kappa shape index (κ2) is 7.18. The topological polar surface area (TPSA) is 86.4 Å². The van der Waals surface area contributed by atoms with Crippen molar-refractivity contribution >= 4 is 11.8 Å². The normalized spacial score (nSPS) is 18.9. The van der Waals surface area contributed by atoms with E-state index in [1.165, 1.54) is 25.1 Å². The molecule has 1 aromatic carbocycles. The highest BCUT2D eigenvalue weighted by atomic mass is 19.1. The zero-order valence-electron chi connectivity index (χ0n) is 15.6. The quantitative estimate of drug-likeness (QED) is 0.849. The molecule has 2 aromatic rings. The van der Waals surface area contributed by atoms with Crippen molar-refractivity contribution in [2.75, 3.05) is 19.6 Å². The third kappa shape index (κ3) is 3.42. The van der Waals surface area contributed by atoms with Crippen LogP contribution < -0.4 is 5.56 Å². The summed E-state index contributed by atoms with van der Waals surface area (Å²) in [6, 6.07) is 5.63. The van der Waals surface area contributed by atoms with E-state index in [1.54, 1.807) is 15.9 Å². The average Bonchev–Trinajstić information content (AvgIpc) is 3.17. The summed E-state index contributed by atoms with van der Waals surface area (Å²) in [5.41, 5.74) is 1.41. The third-order valence-corrected chi connectivity index (χ3v) is 5.47. The summed E-state index contributed by atoms with van der Waals surface area (Å²) in [6.07, 6.45) is 1.16. The van der Waals surface area contributed by atoms with Gasteiger partial charge in [0.15, 0.2) is 0 Å². The van der Waals surface area contributed by atoms with Gasteiger partial charge in [-0.3, -0.25) is 14.4 Å². The molecule has 1 fully saturated rings. The van der Waals surface area contributed by atoms with Gasteiger partial charge in [0.25, 0.3) is 11.5 Å². The molecule has 1 unspecified atom stereocenters. The molecule has 4 rings (SSSR count). The van der Waals surface area contributed by atoms with Crippen molar-refractivity contribution in [3.8, 4) is 0 Å². The minimum atomic E-state index is -0.447. The van der Waals surface area contributed by atoms with Gasteiger partial charge in [-0.05, 0) is 31.0 Å². The Morgan fingerprint density at radius 2 is 2.07 bits per heavy atom. The van der Waals surface area contributed by atoms with Gasteiger partial charge in [-0.25, -0.2) is 9.37 Å². The lowest BCUT2D eigenvalue weighted by atomic mass is 10.0. The molecule has 1 atom stereocenters. The Balaban J connectivity index is 1.54. The maximum absolute atomic E-state index is 13.4. The predicted octanol–water partition coefficient (Wildman–Crippen LogP) is 1.44. The molecule has 1 N–H and O–H groups in total. The van der Waals surface area contributed by atoms with E-state index in [4.69, 9.17) is 0 Å². The maximum Gasteiger partial charge on any atom is 0.254 e. The van der Waals surface area contributed by atoms with Crippen LogP contribution in [0.4, 0.5) is 4.39 Å². The SMILES string of the molecule is CC(=O)N1CCc2c(nc(C3CCN(C(=O)c4cccc(F)c4)C3)[nH]c2=O)C1. The first kappa shape index (κ1) is 18.3. The number of hydrogen-bond donors (Lipinski definition) is 1. The largest absolute Gasteiger partial charge is 0.338 e. The Hall–Kier alpha value is -3.03. The summed E-state index contributed by atoms with van der Waals surface area (Å²) in [4.78, 5) is 47.6. The van der Waals surface area contributed by atoms with E-state index < -0.39 is 5.82 Å². The molecule has 2 aliphatic rings. The van der Waals surface area contributed by atoms with Gasteiger partial charge in [-0.15, -0.1) is 0 Å². The number of aromatic amines is 1. The highest BCUT2D eigenvalue weighted by molar-refractivity contribution is 5.94. The Morgan fingerprint density at radius 1 is 1.25 bits per heavy atom. The van der Waals surface area contributed by atoms with Gasteiger partial charge in [-0.2, -0.15) is 0 Å². The smallest absolute Gasteiger partial charge is 0.254 e. The van der Waals surface area contributed by atoms with Crippen LogP contribution in [0.1, 0.15) is 46.7 Å². The number of H-pyrrole nitrogens is 1. The molecule has 7 nitrogen and oxygen atoms in total. The zero-order valence-corrected chi connectivity index (χ0v) is 15.6. The van der Waals surface area contributed by atoms with E-state index in [0.717, 1.165) is 0 Å². The molecule has 2 amide bonds. The Morgan fingerprint density at radius 3 is 2.82 bits per heavy atom. The minimum Gasteiger partial charge on any atom is -0.338 e. The number of aromatic nitrogens is 2. The summed E-state index contributed by atoms with van der Waals surface area (Å²) in [7, 11) is 0. The van der Waals surface area contributed by atoms with Crippen LogP contribution in [0.5, 0.6) is 0 Å². The first-order chi connectivity index (χ1) is 13.4. The molecule has 8 heteroatoms. The summed E-state index contributed by atoms with van der Waals surface area (Å²) < 4.78 is 13.4. The van der Waals surface area contributed by atoms with Crippen molar-refractivity contribution in [2.45, 2.75) is 32.2 Å². The highest BCUT2D eigenvalue weighted by Gasteiger charge is 2.31. The number of nitrogens with zero attached hydrogens (tertiary/aromatic N) is 3. The summed E-state index contributed by atoms with van der Waals surface area (Å²) in [5, 5.41) is 0. The van der Waals surface area contributed by atoms with Crippen LogP contribution in [0, 0.1) is 5.82 Å². The molecule has 28 heavy (non-hydrogen) atoms. The van der Waals surface area contributed by atoms with Crippen molar-refractivity contribution in [1.29, 1.82) is 0 Å². The number of halogens is 1. The molecule has 0 radical (unpaired) electrons. The van der Waals surface area contributed by atoms with Crippen molar-refractivity contribution < 1.29 is 14.0 Å². The lowest BCUT2D eigenvalue weighted by molar-refractivity contribution is -0.129. The molecule has 0 saturated carbocycles. The van der Waals surface area contributed by atoms with Crippen LogP contribution in [-0.2, 0) is 17.8 Å². The van der Waals surface area contributed by atoms with Crippen LogP contribution >= 0.6 is 0 Å². The first-order valence-electron chi connectivity index (χ1n) is 9.34. The highest BCUT2D eigenvalue weighted by Crippen LogP contribution is 2.26. The molecule has 1 saturated heterocycles. The van der Waals surface area contributed by atoms with E-state index >= 15 is 0 Å². The van der Waals surface area contributed by atoms with Gasteiger partial charge in [0, 0.05) is 43.6 Å². The second-order valence-corrected chi connectivity index (χ2v) is 7.31. The number of carbonyl (C=O) groups excluding carboxylic acids is 2. The van der Waals surface area contributed by atoms with Crippen LogP contribution in [-0.4, -0.2) is 51.2 Å². The molecular formula is C20H21FN4O3. The van der Waals surface area contributed by atoms with Gasteiger partial charge in [0.1, 0.15) is 11.6 Å². The summed E-state index contributed by atoms with van der Waals surface area (Å²) in [5.74, 6) is -0.267. The van der Waals surface area contributed by atoms with Crippen LogP contribution in [0.3, 0.4) is 0 Å². The van der Waals surface area contributed by atoms with Crippen molar-refractivity contribution in [3.63, 3.8) is 0 Å². The number of likely N-dealkylation sites (tertiary alicyclic amines) is 1. The van der Waals surface area contributed by atoms with Crippen LogP contribution in [0.2, 0.25) is 0 Å². The molecule has 0 aliphatic carbocycles. The molecule has 0 bridgehead atoms. The molecule has 3 heterocycles. The number of nitrogens with one attached hydrogen (secondary N) is 1. The molecular weight excluding hydrogens is 363 g/mol. The molecule has 2 aliphatic heterocycles. The number of hydrogen-bond acceptors (Lipinski definition) is 4. The fraction of sp³-hybridized carbons (Fsp3) is 0.400. The third-order valence-electron chi connectivity index (χ3n) is 5.47. The standard InChI is InChI=1S/C20H21FN4O3/c1-12(26)24-8-6-16-17(11-24)22-18(23-19(16)27)14-5-7-25(10-14)20(28)13-3-2-4-15(21)9-13/h2-4,9,14H,5-8,10-11H2,1H3,(H,22,23,27). The van der Waals surface area contributed by atoms with E-state index in [9.17, 15) is 18.8 Å². The lowest BCUT2D eigenvalue weighted by Gasteiger charge is -2.27. The average molecular weight is 384 g/mol. The Labute approximate surface area is 161 Å². The number of carbonyl (C=O) groups is 2. The van der Waals surface area contributed by atoms with Crippen molar-refractivity contribution in [1.82, 2.24) is 19.8 Å². The molecule has 1 aromatic heterocycles. The predicted molar refractivity (Wildman–Crippen MR) is 99.3 cm³/mol. The number of benzene rings is 1. The number of amides is 2. The Kier molecular flexibility index (Phi) is 4.70. The van der Waals surface area contributed by atoms with Gasteiger partial charge in [-0.1, -0.05) is 6.07 Å². The van der Waals surface area contributed by atoms with Gasteiger partial charge < -0.3 is 14.8 Å². The fourth-order valence-electron chi connectivity index (χ4n) is 3.89. The maximum atomic E-state index is 13.4. The lowest BCUT2D eigenvalue weighted by Crippen LogP contribution is -2.38. The van der Waals surface area contributed by atoms with E-state index in [2.05, 4.69) is 9.97 Å². The summed E-state index contributed by atoms with van der Waals surface area (Å²) in [6.45, 7) is 3.28. The Bertz CT molecular complexity index is 1000. The first-order valence-corrected chi connectivity index (χ1v) is 9.34. The van der Waals surface area contributed by atoms with Gasteiger partial charge in [0.05, 0.1) is 12.2 Å². The summed E-state index contributed by atoms with van der Waals surface area (Å²) >= 11 is 0. The second-order valence-electron chi connectivity index (χ2n) is 7.31. The van der Waals surface area contributed by atoms with Crippen molar-refractivity contribution in [2.24, 2.45) is 0 Å². The molecule has 146 valence electrons. The van der Waals surface area contributed by atoms with Crippen LogP contribution in [0.15, 0.2) is 29.1 Å². The van der Waals surface area contributed by atoms with Gasteiger partial charge >= 0.3 is 0 Å².